The van der Waals surface area contributed by atoms with Crippen molar-refractivity contribution in [3.05, 3.63) is 46.8 Å². The van der Waals surface area contributed by atoms with Crippen LogP contribution in [0.4, 0.5) is 0 Å². The third-order valence-corrected chi connectivity index (χ3v) is 3.51. The number of aromatic nitrogens is 2. The summed E-state index contributed by atoms with van der Waals surface area (Å²) in [5.41, 5.74) is 4.73. The molecule has 0 bridgehead atoms. The van der Waals surface area contributed by atoms with Crippen molar-refractivity contribution >= 4 is 0 Å². The lowest BCUT2D eigenvalue weighted by Gasteiger charge is -2.11. The summed E-state index contributed by atoms with van der Waals surface area (Å²) >= 11 is 0. The van der Waals surface area contributed by atoms with Crippen LogP contribution in [-0.4, -0.2) is 9.78 Å². The molecule has 1 heterocycles. The van der Waals surface area contributed by atoms with Crippen molar-refractivity contribution in [1.82, 2.24) is 9.78 Å². The van der Waals surface area contributed by atoms with Gasteiger partial charge in [-0.1, -0.05) is 19.1 Å². The van der Waals surface area contributed by atoms with E-state index in [-0.39, 0.29) is 0 Å². The Morgan fingerprint density at radius 3 is 2.68 bits per heavy atom. The lowest BCUT2D eigenvalue weighted by Crippen LogP contribution is -2.06. The van der Waals surface area contributed by atoms with Crippen molar-refractivity contribution < 1.29 is 4.74 Å². The molecular weight excluding hydrogens is 236 g/mol. The Hall–Kier alpha value is -1.77. The van der Waals surface area contributed by atoms with E-state index >= 15 is 0 Å². The van der Waals surface area contributed by atoms with Crippen LogP contribution in [0.1, 0.15) is 36.4 Å². The van der Waals surface area contributed by atoms with Crippen LogP contribution in [0.2, 0.25) is 0 Å². The highest BCUT2D eigenvalue weighted by molar-refractivity contribution is 5.38. The maximum atomic E-state index is 5.94. The average Bonchev–Trinajstić information content (AvgIpc) is 2.83. The van der Waals surface area contributed by atoms with Crippen molar-refractivity contribution in [2.45, 2.75) is 47.3 Å². The van der Waals surface area contributed by atoms with Crippen molar-refractivity contribution in [1.29, 1.82) is 0 Å². The summed E-state index contributed by atoms with van der Waals surface area (Å²) < 4.78 is 7.96. The zero-order valence-corrected chi connectivity index (χ0v) is 12.2. The molecule has 2 aromatic rings. The van der Waals surface area contributed by atoms with Gasteiger partial charge in [0.15, 0.2) is 0 Å². The molecule has 0 amide bonds. The molecule has 3 heteroatoms. The molecule has 0 saturated carbocycles. The van der Waals surface area contributed by atoms with Crippen molar-refractivity contribution in [3.63, 3.8) is 0 Å². The Morgan fingerprint density at radius 1 is 1.21 bits per heavy atom. The van der Waals surface area contributed by atoms with Crippen molar-refractivity contribution in [2.24, 2.45) is 0 Å². The van der Waals surface area contributed by atoms with E-state index in [2.05, 4.69) is 44.9 Å². The van der Waals surface area contributed by atoms with Crippen molar-refractivity contribution in [3.8, 4) is 5.75 Å². The Bertz CT molecular complexity index is 558. The van der Waals surface area contributed by atoms with Gasteiger partial charge in [-0.3, -0.25) is 4.68 Å². The molecule has 19 heavy (non-hydrogen) atoms. The van der Waals surface area contributed by atoms with Crippen LogP contribution >= 0.6 is 0 Å². The zero-order chi connectivity index (χ0) is 13.8. The smallest absolute Gasteiger partial charge is 0.130 e. The molecule has 0 radical (unpaired) electrons. The minimum Gasteiger partial charge on any atom is -0.487 e. The van der Waals surface area contributed by atoms with E-state index in [4.69, 9.17) is 4.74 Å². The first-order valence-corrected chi connectivity index (χ1v) is 6.90. The van der Waals surface area contributed by atoms with Gasteiger partial charge in [0.1, 0.15) is 12.4 Å². The predicted molar refractivity (Wildman–Crippen MR) is 77.5 cm³/mol. The monoisotopic (exact) mass is 258 g/mol. The fraction of sp³-hybridized carbons (Fsp3) is 0.438. The molecule has 0 atom stereocenters. The summed E-state index contributed by atoms with van der Waals surface area (Å²) in [7, 11) is 0. The second kappa shape index (κ2) is 5.91. The van der Waals surface area contributed by atoms with E-state index < -0.39 is 0 Å². The van der Waals surface area contributed by atoms with E-state index in [9.17, 15) is 0 Å². The van der Waals surface area contributed by atoms with Gasteiger partial charge in [0.25, 0.3) is 0 Å². The average molecular weight is 258 g/mol. The van der Waals surface area contributed by atoms with Gasteiger partial charge in [-0.05, 0) is 50.5 Å². The summed E-state index contributed by atoms with van der Waals surface area (Å²) in [6.07, 6.45) is 0.962. The third-order valence-electron chi connectivity index (χ3n) is 3.51. The molecule has 0 aliphatic heterocycles. The van der Waals surface area contributed by atoms with Crippen molar-refractivity contribution in [2.75, 3.05) is 0 Å². The first-order chi connectivity index (χ1) is 9.15. The van der Waals surface area contributed by atoms with Crippen LogP contribution in [0.15, 0.2) is 24.3 Å². The van der Waals surface area contributed by atoms with Gasteiger partial charge < -0.3 is 4.74 Å². The van der Waals surface area contributed by atoms with Gasteiger partial charge in [-0.25, -0.2) is 0 Å². The number of hydrogen-bond acceptors (Lipinski definition) is 2. The Kier molecular flexibility index (Phi) is 4.25. The van der Waals surface area contributed by atoms with E-state index in [1.54, 1.807) is 0 Å². The maximum absolute atomic E-state index is 5.94. The van der Waals surface area contributed by atoms with Crippen LogP contribution in [0.5, 0.6) is 5.75 Å². The molecule has 0 spiro atoms. The summed E-state index contributed by atoms with van der Waals surface area (Å²) in [5.74, 6) is 0.960. The molecule has 2 rings (SSSR count). The SMILES string of the molecule is CCc1cc(COc2cccc(C)c2C)n(CC)n1. The fourth-order valence-electron chi connectivity index (χ4n) is 2.11. The van der Waals surface area contributed by atoms with Gasteiger partial charge in [0, 0.05) is 6.54 Å². The highest BCUT2D eigenvalue weighted by Gasteiger charge is 2.08. The van der Waals surface area contributed by atoms with Gasteiger partial charge in [0.2, 0.25) is 0 Å². The van der Waals surface area contributed by atoms with E-state index in [1.807, 2.05) is 16.8 Å². The summed E-state index contributed by atoms with van der Waals surface area (Å²) in [6.45, 7) is 9.88. The number of nitrogens with zero attached hydrogens (tertiary/aromatic N) is 2. The minimum absolute atomic E-state index is 0.575. The van der Waals surface area contributed by atoms with Gasteiger partial charge in [0.05, 0.1) is 11.4 Å². The Labute approximate surface area is 115 Å². The van der Waals surface area contributed by atoms with Gasteiger partial charge >= 0.3 is 0 Å². The molecule has 3 nitrogen and oxygen atoms in total. The third kappa shape index (κ3) is 2.98. The molecule has 0 saturated heterocycles. The number of hydrogen-bond donors (Lipinski definition) is 0. The molecule has 0 fully saturated rings. The highest BCUT2D eigenvalue weighted by atomic mass is 16.5. The first kappa shape index (κ1) is 13.7. The van der Waals surface area contributed by atoms with Gasteiger partial charge in [-0.2, -0.15) is 5.10 Å². The maximum Gasteiger partial charge on any atom is 0.130 e. The van der Waals surface area contributed by atoms with E-state index in [1.165, 1.54) is 11.1 Å². The standard InChI is InChI=1S/C16H22N2O/c1-5-14-10-15(18(6-2)17-14)11-19-16-9-7-8-12(3)13(16)4/h7-10H,5-6,11H2,1-4H3. The minimum atomic E-state index is 0.575. The second-order valence-corrected chi connectivity index (χ2v) is 4.78. The molecule has 0 N–H and O–H groups in total. The molecule has 102 valence electrons. The molecule has 0 aliphatic carbocycles. The van der Waals surface area contributed by atoms with E-state index in [0.29, 0.717) is 6.61 Å². The molecule has 0 aliphatic rings. The summed E-state index contributed by atoms with van der Waals surface area (Å²) in [5, 5.41) is 4.54. The second-order valence-electron chi connectivity index (χ2n) is 4.78. The number of ether oxygens (including phenoxy) is 1. The summed E-state index contributed by atoms with van der Waals surface area (Å²) in [6, 6.07) is 8.30. The van der Waals surface area contributed by atoms with Crippen LogP contribution in [0.3, 0.4) is 0 Å². The van der Waals surface area contributed by atoms with Crippen LogP contribution in [0, 0.1) is 13.8 Å². The number of benzene rings is 1. The van der Waals surface area contributed by atoms with Gasteiger partial charge in [-0.15, -0.1) is 0 Å². The van der Waals surface area contributed by atoms with Crippen LogP contribution in [-0.2, 0) is 19.6 Å². The zero-order valence-electron chi connectivity index (χ0n) is 12.2. The molecule has 1 aromatic carbocycles. The molecule has 0 unspecified atom stereocenters. The van der Waals surface area contributed by atoms with Crippen LogP contribution in [0.25, 0.3) is 0 Å². The molecule has 1 aromatic heterocycles. The number of aryl methyl sites for hydroxylation is 3. The predicted octanol–water partition coefficient (Wildman–Crippen LogP) is 3.66. The highest BCUT2D eigenvalue weighted by Crippen LogP contribution is 2.21. The van der Waals surface area contributed by atoms with E-state index in [0.717, 1.165) is 30.1 Å². The Balaban J connectivity index is 2.14. The molecular formula is C16H22N2O. The quantitative estimate of drug-likeness (QED) is 0.818. The Morgan fingerprint density at radius 2 is 2.00 bits per heavy atom. The lowest BCUT2D eigenvalue weighted by molar-refractivity contribution is 0.290. The topological polar surface area (TPSA) is 27.1 Å². The first-order valence-electron chi connectivity index (χ1n) is 6.90. The lowest BCUT2D eigenvalue weighted by atomic mass is 10.1. The fourth-order valence-corrected chi connectivity index (χ4v) is 2.11. The normalized spacial score (nSPS) is 10.7. The number of rotatable bonds is 5. The largest absolute Gasteiger partial charge is 0.487 e. The summed E-state index contributed by atoms with van der Waals surface area (Å²) in [4.78, 5) is 0. The van der Waals surface area contributed by atoms with Crippen LogP contribution < -0.4 is 4.74 Å².